The van der Waals surface area contributed by atoms with Crippen molar-refractivity contribution in [3.63, 3.8) is 0 Å². The van der Waals surface area contributed by atoms with Crippen LogP contribution in [-0.2, 0) is 34.0 Å². The monoisotopic (exact) mass is 499 g/mol. The van der Waals surface area contributed by atoms with Gasteiger partial charge in [0.2, 0.25) is 10.0 Å². The van der Waals surface area contributed by atoms with Crippen molar-refractivity contribution in [2.45, 2.75) is 25.2 Å². The predicted octanol–water partition coefficient (Wildman–Crippen LogP) is 2.54. The van der Waals surface area contributed by atoms with Gasteiger partial charge >= 0.3 is 6.18 Å². The number of fused-ring (bicyclic) bond motifs is 2. The highest BCUT2D eigenvalue weighted by molar-refractivity contribution is 7.92. The number of nitrogens with one attached hydrogen (secondary N) is 1. The lowest BCUT2D eigenvalue weighted by molar-refractivity contribution is -0.138. The highest BCUT2D eigenvalue weighted by Gasteiger charge is 2.46. The molecule has 2 aromatic rings. The quantitative estimate of drug-likeness (QED) is 0.511. The average Bonchev–Trinajstić information content (AvgIpc) is 2.94. The fraction of sp³-hybridized carbons (Fsp3) is 0.263. The van der Waals surface area contributed by atoms with Crippen LogP contribution >= 0.6 is 12.2 Å². The second kappa shape index (κ2) is 7.63. The molecule has 0 aliphatic carbocycles. The Morgan fingerprint density at radius 2 is 1.97 bits per heavy atom. The van der Waals surface area contributed by atoms with Gasteiger partial charge in [-0.3, -0.25) is 14.4 Å². The van der Waals surface area contributed by atoms with Crippen molar-refractivity contribution in [1.82, 2.24) is 9.88 Å². The molecule has 1 aromatic heterocycles. The van der Waals surface area contributed by atoms with Crippen LogP contribution in [0.15, 0.2) is 24.4 Å². The molecule has 4 rings (SSSR count). The number of hydrogen-bond acceptors (Lipinski definition) is 6. The highest BCUT2D eigenvalue weighted by Crippen LogP contribution is 2.38. The summed E-state index contributed by atoms with van der Waals surface area (Å²) >= 11 is 5.34. The van der Waals surface area contributed by atoms with E-state index in [9.17, 15) is 30.8 Å². The van der Waals surface area contributed by atoms with Crippen LogP contribution in [0.4, 0.5) is 28.9 Å². The zero-order valence-electron chi connectivity index (χ0n) is 16.6. The number of halogens is 4. The summed E-state index contributed by atoms with van der Waals surface area (Å²) < 4.78 is 79.4. The SMILES string of the molecule is CS(=O)(=O)Nc1cc2c(cc1F)CC1C(=O)N(c3cnc(C#N)c(C(F)(F)F)c3)C(=S)N1C2. The van der Waals surface area contributed by atoms with Crippen molar-refractivity contribution >= 4 is 44.6 Å². The molecule has 1 aromatic carbocycles. The van der Waals surface area contributed by atoms with Gasteiger partial charge in [0.05, 0.1) is 29.4 Å². The highest BCUT2D eigenvalue weighted by atomic mass is 32.2. The molecule has 8 nitrogen and oxygen atoms in total. The van der Waals surface area contributed by atoms with Gasteiger partial charge in [-0.1, -0.05) is 0 Å². The first-order valence-corrected chi connectivity index (χ1v) is 11.5. The number of anilines is 2. The number of aromatic nitrogens is 1. The van der Waals surface area contributed by atoms with Crippen LogP contribution in [0.25, 0.3) is 0 Å². The first-order valence-electron chi connectivity index (χ1n) is 9.21. The van der Waals surface area contributed by atoms with Crippen molar-refractivity contribution in [2.24, 2.45) is 0 Å². The van der Waals surface area contributed by atoms with Crippen LogP contribution in [0.1, 0.15) is 22.4 Å². The topological polar surface area (TPSA) is 106 Å². The predicted molar refractivity (Wildman–Crippen MR) is 112 cm³/mol. The molecule has 0 saturated carbocycles. The maximum atomic E-state index is 14.4. The lowest BCUT2D eigenvalue weighted by Crippen LogP contribution is -2.40. The zero-order valence-corrected chi connectivity index (χ0v) is 18.3. The minimum Gasteiger partial charge on any atom is -0.332 e. The fourth-order valence-corrected chi connectivity index (χ4v) is 4.74. The molecule has 0 radical (unpaired) electrons. The number of alkyl halides is 3. The van der Waals surface area contributed by atoms with E-state index in [2.05, 4.69) is 9.71 Å². The van der Waals surface area contributed by atoms with E-state index in [1.165, 1.54) is 17.0 Å². The smallest absolute Gasteiger partial charge is 0.332 e. The maximum Gasteiger partial charge on any atom is 0.419 e. The number of benzene rings is 1. The van der Waals surface area contributed by atoms with E-state index in [0.29, 0.717) is 17.2 Å². The summed E-state index contributed by atoms with van der Waals surface area (Å²) in [6, 6.07) is 3.53. The summed E-state index contributed by atoms with van der Waals surface area (Å²) in [6.45, 7) is 0.00955. The number of carbonyl (C=O) groups excluding carboxylic acids is 1. The third kappa shape index (κ3) is 4.09. The first kappa shape index (κ1) is 22.9. The number of rotatable bonds is 3. The number of amides is 1. The standard InChI is InChI=1S/C19H13F4N5O3S2/c1-33(30,31)26-14-3-10-8-27-16(4-9(10)2-13(14)20)17(29)28(18(27)32)11-5-12(19(21,22)23)15(6-24)25-7-11/h2-3,5,7,16,26H,4,8H2,1H3. The molecule has 2 aliphatic rings. The molecule has 1 N–H and O–H groups in total. The van der Waals surface area contributed by atoms with Crippen LogP contribution in [-0.4, -0.2) is 41.6 Å². The number of thiocarbonyl (C=S) groups is 1. The second-order valence-electron chi connectivity index (χ2n) is 7.48. The van der Waals surface area contributed by atoms with E-state index >= 15 is 0 Å². The van der Waals surface area contributed by atoms with Gasteiger partial charge in [0, 0.05) is 13.0 Å². The van der Waals surface area contributed by atoms with Gasteiger partial charge < -0.3 is 4.90 Å². The fourth-order valence-electron chi connectivity index (χ4n) is 3.80. The Hall–Kier alpha value is -3.31. The number of carbonyl (C=O) groups is 1. The van der Waals surface area contributed by atoms with E-state index in [0.717, 1.165) is 23.4 Å². The molecule has 1 fully saturated rings. The van der Waals surface area contributed by atoms with Crippen LogP contribution in [0.2, 0.25) is 0 Å². The second-order valence-corrected chi connectivity index (χ2v) is 9.59. The van der Waals surface area contributed by atoms with Gasteiger partial charge in [0.1, 0.15) is 17.9 Å². The Morgan fingerprint density at radius 3 is 2.58 bits per heavy atom. The van der Waals surface area contributed by atoms with E-state index in [1.807, 2.05) is 0 Å². The minimum atomic E-state index is -4.87. The number of nitriles is 1. The van der Waals surface area contributed by atoms with E-state index in [1.54, 1.807) is 0 Å². The third-order valence-corrected chi connectivity index (χ3v) is 6.21. The van der Waals surface area contributed by atoms with Gasteiger partial charge in [-0.2, -0.15) is 18.4 Å². The maximum absolute atomic E-state index is 14.4. The van der Waals surface area contributed by atoms with Crippen molar-refractivity contribution in [3.05, 3.63) is 52.6 Å². The Balaban J connectivity index is 1.70. The van der Waals surface area contributed by atoms with Crippen molar-refractivity contribution in [2.75, 3.05) is 15.9 Å². The number of sulfonamides is 1. The molecule has 1 unspecified atom stereocenters. The number of nitrogens with zero attached hydrogens (tertiary/aromatic N) is 4. The summed E-state index contributed by atoms with van der Waals surface area (Å²) in [5, 5.41) is 8.84. The van der Waals surface area contributed by atoms with Crippen molar-refractivity contribution < 1.29 is 30.8 Å². The molecule has 2 aliphatic heterocycles. The Labute approximate surface area is 190 Å². The van der Waals surface area contributed by atoms with Crippen LogP contribution in [0.3, 0.4) is 0 Å². The summed E-state index contributed by atoms with van der Waals surface area (Å²) in [5.74, 6) is -1.45. The number of pyridine rings is 1. The summed E-state index contributed by atoms with van der Waals surface area (Å²) in [5.41, 5.74) is -1.71. The van der Waals surface area contributed by atoms with Gasteiger partial charge in [0.15, 0.2) is 10.8 Å². The lowest BCUT2D eigenvalue weighted by Gasteiger charge is -2.30. The summed E-state index contributed by atoms with van der Waals surface area (Å²) in [6.07, 6.45) is -3.04. The molecular weight excluding hydrogens is 486 g/mol. The number of hydrogen-bond donors (Lipinski definition) is 1. The average molecular weight is 499 g/mol. The molecule has 3 heterocycles. The summed E-state index contributed by atoms with van der Waals surface area (Å²) in [7, 11) is -3.74. The van der Waals surface area contributed by atoms with Gasteiger partial charge in [-0.05, 0) is 41.5 Å². The van der Waals surface area contributed by atoms with Crippen LogP contribution in [0, 0.1) is 17.1 Å². The Morgan fingerprint density at radius 1 is 1.27 bits per heavy atom. The minimum absolute atomic E-state index is 0.00955. The van der Waals surface area contributed by atoms with Gasteiger partial charge in [-0.25, -0.2) is 17.8 Å². The molecule has 14 heteroatoms. The normalized spacial score (nSPS) is 18.1. The first-order chi connectivity index (χ1) is 15.3. The Bertz CT molecular complexity index is 1350. The van der Waals surface area contributed by atoms with Crippen molar-refractivity contribution in [3.8, 4) is 6.07 Å². The van der Waals surface area contributed by atoms with E-state index < -0.39 is 45.2 Å². The van der Waals surface area contributed by atoms with E-state index in [-0.39, 0.29) is 29.5 Å². The molecule has 172 valence electrons. The molecule has 33 heavy (non-hydrogen) atoms. The van der Waals surface area contributed by atoms with Gasteiger partial charge in [-0.15, -0.1) is 0 Å². The Kier molecular flexibility index (Phi) is 5.29. The lowest BCUT2D eigenvalue weighted by atomic mass is 9.94. The van der Waals surface area contributed by atoms with Crippen molar-refractivity contribution in [1.29, 1.82) is 5.26 Å². The molecule has 0 bridgehead atoms. The van der Waals surface area contributed by atoms with Crippen LogP contribution in [0.5, 0.6) is 0 Å². The van der Waals surface area contributed by atoms with Crippen LogP contribution < -0.4 is 9.62 Å². The van der Waals surface area contributed by atoms with E-state index in [4.69, 9.17) is 17.5 Å². The largest absolute Gasteiger partial charge is 0.419 e. The molecule has 1 saturated heterocycles. The zero-order chi connectivity index (χ0) is 24.3. The molecule has 1 atom stereocenters. The molecular formula is C19H13F4N5O3S2. The van der Waals surface area contributed by atoms with Gasteiger partial charge in [0.25, 0.3) is 5.91 Å². The molecule has 1 amide bonds. The summed E-state index contributed by atoms with van der Waals surface area (Å²) in [4.78, 5) is 18.9. The third-order valence-electron chi connectivity index (χ3n) is 5.20. The molecule has 0 spiro atoms.